The molecule has 6 heteroatoms. The highest BCUT2D eigenvalue weighted by Crippen LogP contribution is 2.27. The number of carbonyl (C=O) groups excluding carboxylic acids is 1. The van der Waals surface area contributed by atoms with Crippen LogP contribution in [0.25, 0.3) is 0 Å². The highest BCUT2D eigenvalue weighted by molar-refractivity contribution is 7.15. The highest BCUT2D eigenvalue weighted by atomic mass is 32.1. The van der Waals surface area contributed by atoms with E-state index >= 15 is 0 Å². The summed E-state index contributed by atoms with van der Waals surface area (Å²) < 4.78 is 5.35. The summed E-state index contributed by atoms with van der Waals surface area (Å²) in [6, 6.07) is -0.547. The zero-order valence-electron chi connectivity index (χ0n) is 10.9. The van der Waals surface area contributed by atoms with Crippen LogP contribution in [0.4, 0.5) is 5.13 Å². The number of aromatic nitrogens is 1. The largest absolute Gasteiger partial charge is 0.375 e. The maximum Gasteiger partial charge on any atom is 0.243 e. The third kappa shape index (κ3) is 2.88. The van der Waals surface area contributed by atoms with Gasteiger partial charge in [-0.2, -0.15) is 0 Å². The maximum absolute atomic E-state index is 12.0. The van der Waals surface area contributed by atoms with E-state index in [1.54, 1.807) is 0 Å². The molecule has 1 aliphatic heterocycles. The van der Waals surface area contributed by atoms with Gasteiger partial charge in [-0.1, -0.05) is 32.1 Å². The number of fused-ring (bicyclic) bond motifs is 1. The molecule has 1 aromatic heterocycles. The van der Waals surface area contributed by atoms with Crippen LogP contribution >= 0.6 is 11.3 Å². The van der Waals surface area contributed by atoms with Crippen LogP contribution < -0.4 is 11.1 Å². The van der Waals surface area contributed by atoms with Crippen molar-refractivity contribution in [2.45, 2.75) is 39.8 Å². The molecule has 18 heavy (non-hydrogen) atoms. The first-order valence-corrected chi connectivity index (χ1v) is 6.82. The summed E-state index contributed by atoms with van der Waals surface area (Å²) in [7, 11) is 0. The molecule has 1 amide bonds. The lowest BCUT2D eigenvalue weighted by Crippen LogP contribution is -2.45. The molecular formula is C12H19N3O2S. The fourth-order valence-corrected chi connectivity index (χ4v) is 2.60. The number of nitrogens with one attached hydrogen (secondary N) is 1. The first-order chi connectivity index (χ1) is 8.38. The normalized spacial score (nSPS) is 17.1. The molecular weight excluding hydrogens is 250 g/mol. The zero-order chi connectivity index (χ0) is 13.3. The molecule has 0 spiro atoms. The summed E-state index contributed by atoms with van der Waals surface area (Å²) in [4.78, 5) is 17.5. The number of carbonyl (C=O) groups is 1. The van der Waals surface area contributed by atoms with Crippen LogP contribution in [0.15, 0.2) is 0 Å². The summed E-state index contributed by atoms with van der Waals surface area (Å²) in [6.07, 6.45) is 0.813. The van der Waals surface area contributed by atoms with E-state index in [0.29, 0.717) is 18.3 Å². The summed E-state index contributed by atoms with van der Waals surface area (Å²) in [5.74, 6) is -0.186. The van der Waals surface area contributed by atoms with Crippen LogP contribution in [0.3, 0.4) is 0 Å². The van der Waals surface area contributed by atoms with Gasteiger partial charge >= 0.3 is 0 Å². The van der Waals surface area contributed by atoms with Crippen molar-refractivity contribution in [2.24, 2.45) is 11.1 Å². The van der Waals surface area contributed by atoms with E-state index in [4.69, 9.17) is 10.5 Å². The van der Waals surface area contributed by atoms with Crippen LogP contribution in [-0.4, -0.2) is 23.5 Å². The van der Waals surface area contributed by atoms with Crippen molar-refractivity contribution in [1.29, 1.82) is 0 Å². The van der Waals surface area contributed by atoms with E-state index in [-0.39, 0.29) is 11.3 Å². The Labute approximate surface area is 111 Å². The fourth-order valence-electron chi connectivity index (χ4n) is 1.66. The first kappa shape index (κ1) is 13.5. The second-order valence-electron chi connectivity index (χ2n) is 5.52. The van der Waals surface area contributed by atoms with Gasteiger partial charge in [0.1, 0.15) is 0 Å². The molecule has 0 aliphatic carbocycles. The molecule has 0 saturated heterocycles. The Balaban J connectivity index is 2.05. The number of hydrogen-bond acceptors (Lipinski definition) is 5. The lowest BCUT2D eigenvalue weighted by molar-refractivity contribution is -0.119. The van der Waals surface area contributed by atoms with E-state index < -0.39 is 6.04 Å². The smallest absolute Gasteiger partial charge is 0.243 e. The van der Waals surface area contributed by atoms with Crippen molar-refractivity contribution in [2.75, 3.05) is 11.9 Å². The minimum atomic E-state index is -0.547. The predicted molar refractivity (Wildman–Crippen MR) is 71.5 cm³/mol. The van der Waals surface area contributed by atoms with Crippen molar-refractivity contribution < 1.29 is 9.53 Å². The van der Waals surface area contributed by atoms with Crippen molar-refractivity contribution in [3.8, 4) is 0 Å². The third-order valence-corrected chi connectivity index (χ3v) is 3.93. The molecule has 2 rings (SSSR count). The van der Waals surface area contributed by atoms with Gasteiger partial charge in [0.05, 0.1) is 29.8 Å². The van der Waals surface area contributed by atoms with Gasteiger partial charge in [0.2, 0.25) is 5.91 Å². The van der Waals surface area contributed by atoms with Gasteiger partial charge in [0.25, 0.3) is 0 Å². The monoisotopic (exact) mass is 269 g/mol. The molecule has 2 heterocycles. The fraction of sp³-hybridized carbons (Fsp3) is 0.667. The van der Waals surface area contributed by atoms with Crippen LogP contribution in [0.1, 0.15) is 31.3 Å². The molecule has 0 saturated carbocycles. The third-order valence-electron chi connectivity index (χ3n) is 2.94. The molecule has 1 aliphatic rings. The number of nitrogens with zero attached hydrogens (tertiary/aromatic N) is 1. The lowest BCUT2D eigenvalue weighted by Gasteiger charge is -2.25. The molecule has 3 N–H and O–H groups in total. The van der Waals surface area contributed by atoms with Gasteiger partial charge < -0.3 is 15.8 Å². The Hall–Kier alpha value is -0.980. The van der Waals surface area contributed by atoms with Crippen molar-refractivity contribution in [3.05, 3.63) is 10.6 Å². The number of thiazole rings is 1. The first-order valence-electron chi connectivity index (χ1n) is 6.00. The average molecular weight is 269 g/mol. The van der Waals surface area contributed by atoms with Crippen molar-refractivity contribution >= 4 is 22.4 Å². The summed E-state index contributed by atoms with van der Waals surface area (Å²) >= 11 is 1.47. The van der Waals surface area contributed by atoms with Crippen molar-refractivity contribution in [1.82, 2.24) is 4.98 Å². The Morgan fingerprint density at radius 2 is 2.28 bits per heavy atom. The van der Waals surface area contributed by atoms with E-state index in [0.717, 1.165) is 17.0 Å². The molecule has 5 nitrogen and oxygen atoms in total. The Kier molecular flexibility index (Phi) is 3.70. The second kappa shape index (κ2) is 4.95. The van der Waals surface area contributed by atoms with Crippen LogP contribution in [0, 0.1) is 5.41 Å². The summed E-state index contributed by atoms with van der Waals surface area (Å²) in [6.45, 7) is 7.12. The van der Waals surface area contributed by atoms with Gasteiger partial charge in [-0.25, -0.2) is 4.98 Å². The Morgan fingerprint density at radius 1 is 1.56 bits per heavy atom. The van der Waals surface area contributed by atoms with Crippen molar-refractivity contribution in [3.63, 3.8) is 0 Å². The SMILES string of the molecule is CC(C)(C)[C@H](N)C(=O)Nc1nc2c(s1)COCC2. The molecule has 100 valence electrons. The van der Waals surface area contributed by atoms with Gasteiger partial charge in [-0.15, -0.1) is 0 Å². The van der Waals surface area contributed by atoms with Crippen LogP contribution in [-0.2, 0) is 22.6 Å². The lowest BCUT2D eigenvalue weighted by atomic mass is 9.87. The number of anilines is 1. The Bertz CT molecular complexity index is 427. The molecule has 0 fully saturated rings. The average Bonchev–Trinajstić information content (AvgIpc) is 2.68. The van der Waals surface area contributed by atoms with Gasteiger partial charge in [0.15, 0.2) is 5.13 Å². The number of ether oxygens (including phenoxy) is 1. The minimum absolute atomic E-state index is 0.186. The molecule has 1 aromatic rings. The van der Waals surface area contributed by atoms with E-state index in [1.807, 2.05) is 20.8 Å². The topological polar surface area (TPSA) is 77.2 Å². The van der Waals surface area contributed by atoms with Crippen LogP contribution in [0.5, 0.6) is 0 Å². The van der Waals surface area contributed by atoms with Gasteiger partial charge in [0, 0.05) is 6.42 Å². The van der Waals surface area contributed by atoms with Gasteiger partial charge in [-0.05, 0) is 5.41 Å². The van der Waals surface area contributed by atoms with Crippen LogP contribution in [0.2, 0.25) is 0 Å². The number of nitrogens with two attached hydrogens (primary N) is 1. The quantitative estimate of drug-likeness (QED) is 0.853. The Morgan fingerprint density at radius 3 is 2.89 bits per heavy atom. The molecule has 1 atom stereocenters. The molecule has 0 radical (unpaired) electrons. The maximum atomic E-state index is 12.0. The number of rotatable bonds is 2. The highest BCUT2D eigenvalue weighted by Gasteiger charge is 2.28. The number of amides is 1. The standard InChI is InChI=1S/C12H19N3O2S/c1-12(2,3)9(13)10(16)15-11-14-7-4-5-17-6-8(7)18-11/h9H,4-6,13H2,1-3H3,(H,14,15,16)/t9-/m1/s1. The predicted octanol–water partition coefficient (Wildman–Crippen LogP) is 1.53. The van der Waals surface area contributed by atoms with E-state index in [1.165, 1.54) is 11.3 Å². The molecule has 0 unspecified atom stereocenters. The second-order valence-corrected chi connectivity index (χ2v) is 6.61. The molecule has 0 aromatic carbocycles. The molecule has 0 bridgehead atoms. The summed E-state index contributed by atoms with van der Waals surface area (Å²) in [5, 5.41) is 3.41. The summed E-state index contributed by atoms with van der Waals surface area (Å²) in [5.41, 5.74) is 6.68. The van der Waals surface area contributed by atoms with E-state index in [9.17, 15) is 4.79 Å². The minimum Gasteiger partial charge on any atom is -0.375 e. The van der Waals surface area contributed by atoms with E-state index in [2.05, 4.69) is 10.3 Å². The van der Waals surface area contributed by atoms with Gasteiger partial charge in [-0.3, -0.25) is 4.79 Å². The number of hydrogen-bond donors (Lipinski definition) is 2. The zero-order valence-corrected chi connectivity index (χ0v) is 11.8.